The van der Waals surface area contributed by atoms with Crippen molar-refractivity contribution in [1.82, 2.24) is 0 Å². The van der Waals surface area contributed by atoms with Gasteiger partial charge in [-0.1, -0.05) is 0 Å². The Balaban J connectivity index is 2.36. The zero-order chi connectivity index (χ0) is 9.64. The van der Waals surface area contributed by atoms with Crippen LogP contribution in [-0.2, 0) is 14.3 Å². The van der Waals surface area contributed by atoms with E-state index in [1.807, 2.05) is 20.8 Å². The van der Waals surface area contributed by atoms with Gasteiger partial charge in [0.25, 0.3) is 0 Å². The monoisotopic (exact) mass is 182 g/mol. The molecule has 0 unspecified atom stereocenters. The van der Waals surface area contributed by atoms with Crippen LogP contribution in [0.3, 0.4) is 0 Å². The Morgan fingerprint density at radius 1 is 1.54 bits per heavy atom. The molecule has 2 rings (SSSR count). The van der Waals surface area contributed by atoms with Gasteiger partial charge in [0.05, 0.1) is 6.10 Å². The molecule has 0 bridgehead atoms. The molecule has 0 saturated carbocycles. The predicted octanol–water partition coefficient (Wildman–Crippen LogP) is 1.77. The number of hydrogen-bond donors (Lipinski definition) is 0. The predicted molar refractivity (Wildman–Crippen MR) is 47.0 cm³/mol. The molecule has 0 aromatic heterocycles. The minimum atomic E-state index is -0.765. The average Bonchev–Trinajstić information content (AvgIpc) is 2.22. The third-order valence-corrected chi connectivity index (χ3v) is 2.82. The first-order valence-corrected chi connectivity index (χ1v) is 4.64. The van der Waals surface area contributed by atoms with Crippen molar-refractivity contribution in [3.63, 3.8) is 0 Å². The lowest BCUT2D eigenvalue weighted by atomic mass is 9.94. The lowest BCUT2D eigenvalue weighted by Crippen LogP contribution is -2.39. The normalized spacial score (nSPS) is 39.0. The summed E-state index contributed by atoms with van der Waals surface area (Å²) in [6.45, 7) is 5.64. The molecule has 0 aromatic rings. The fourth-order valence-corrected chi connectivity index (χ4v) is 2.08. The smallest absolute Gasteiger partial charge is 0.336 e. The first-order chi connectivity index (χ1) is 6.03. The number of carbonyl (C=O) groups excluding carboxylic acids is 1. The molecule has 0 spiro atoms. The van der Waals surface area contributed by atoms with Gasteiger partial charge in [0, 0.05) is 18.1 Å². The fraction of sp³-hybridized carbons (Fsp3) is 0.700. The van der Waals surface area contributed by atoms with Crippen molar-refractivity contribution in [1.29, 1.82) is 0 Å². The van der Waals surface area contributed by atoms with Gasteiger partial charge in [-0.25, -0.2) is 4.79 Å². The Labute approximate surface area is 77.7 Å². The van der Waals surface area contributed by atoms with Crippen LogP contribution in [0.15, 0.2) is 11.1 Å². The van der Waals surface area contributed by atoms with E-state index in [-0.39, 0.29) is 12.1 Å². The zero-order valence-corrected chi connectivity index (χ0v) is 8.22. The number of carbonyl (C=O) groups is 1. The SMILES string of the molecule is CC1=C2CC[C@@H](C)O[C@@]2(C)OC1=O. The number of esters is 1. The molecular weight excluding hydrogens is 168 g/mol. The van der Waals surface area contributed by atoms with Crippen LogP contribution in [0.25, 0.3) is 0 Å². The highest BCUT2D eigenvalue weighted by molar-refractivity contribution is 5.92. The van der Waals surface area contributed by atoms with Crippen molar-refractivity contribution in [2.24, 2.45) is 0 Å². The molecule has 0 aromatic carbocycles. The fourth-order valence-electron chi connectivity index (χ4n) is 2.08. The van der Waals surface area contributed by atoms with Crippen LogP contribution in [0, 0.1) is 0 Å². The van der Waals surface area contributed by atoms with Gasteiger partial charge < -0.3 is 9.47 Å². The van der Waals surface area contributed by atoms with Crippen molar-refractivity contribution in [3.05, 3.63) is 11.1 Å². The third-order valence-electron chi connectivity index (χ3n) is 2.82. The number of ether oxygens (including phenoxy) is 2. The first-order valence-electron chi connectivity index (χ1n) is 4.64. The molecule has 72 valence electrons. The molecule has 2 aliphatic heterocycles. The third kappa shape index (κ3) is 1.18. The van der Waals surface area contributed by atoms with Crippen LogP contribution in [0.5, 0.6) is 0 Å². The molecule has 13 heavy (non-hydrogen) atoms. The van der Waals surface area contributed by atoms with Gasteiger partial charge in [-0.2, -0.15) is 0 Å². The summed E-state index contributed by atoms with van der Waals surface area (Å²) in [6.07, 6.45) is 2.06. The van der Waals surface area contributed by atoms with Gasteiger partial charge in [0.1, 0.15) is 0 Å². The van der Waals surface area contributed by atoms with Gasteiger partial charge >= 0.3 is 5.97 Å². The van der Waals surface area contributed by atoms with Crippen LogP contribution in [0.4, 0.5) is 0 Å². The minimum Gasteiger partial charge on any atom is -0.426 e. The lowest BCUT2D eigenvalue weighted by Gasteiger charge is -2.34. The van der Waals surface area contributed by atoms with E-state index >= 15 is 0 Å². The van der Waals surface area contributed by atoms with Crippen LogP contribution in [0.2, 0.25) is 0 Å². The molecule has 2 aliphatic rings. The van der Waals surface area contributed by atoms with Crippen molar-refractivity contribution in [2.45, 2.75) is 45.5 Å². The molecule has 3 heteroatoms. The molecule has 2 atom stereocenters. The number of rotatable bonds is 0. The highest BCUT2D eigenvalue weighted by Gasteiger charge is 2.46. The van der Waals surface area contributed by atoms with Gasteiger partial charge in [-0.3, -0.25) is 0 Å². The molecule has 0 radical (unpaired) electrons. The molecule has 1 fully saturated rings. The summed E-state index contributed by atoms with van der Waals surface area (Å²) < 4.78 is 10.8. The summed E-state index contributed by atoms with van der Waals surface area (Å²) in [7, 11) is 0. The maximum Gasteiger partial charge on any atom is 0.336 e. The van der Waals surface area contributed by atoms with E-state index < -0.39 is 5.79 Å². The second kappa shape index (κ2) is 2.58. The largest absolute Gasteiger partial charge is 0.426 e. The van der Waals surface area contributed by atoms with Crippen LogP contribution in [0.1, 0.15) is 33.6 Å². The Kier molecular flexibility index (Phi) is 1.74. The Bertz CT molecular complexity index is 293. The summed E-state index contributed by atoms with van der Waals surface area (Å²) in [5.41, 5.74) is 1.75. The molecule has 1 saturated heterocycles. The van der Waals surface area contributed by atoms with Gasteiger partial charge in [-0.05, 0) is 26.7 Å². The standard InChI is InChI=1S/C10H14O3/c1-6-4-5-8-7(2)9(11)13-10(8,3)12-6/h6H,4-5H2,1-3H3/t6-,10+/m1/s1. The molecular formula is C10H14O3. The van der Waals surface area contributed by atoms with Crippen molar-refractivity contribution < 1.29 is 14.3 Å². The minimum absolute atomic E-state index is 0.174. The quantitative estimate of drug-likeness (QED) is 0.536. The summed E-state index contributed by atoms with van der Waals surface area (Å²) in [4.78, 5) is 11.3. The second-order valence-corrected chi connectivity index (χ2v) is 3.91. The maximum absolute atomic E-state index is 11.3. The highest BCUT2D eigenvalue weighted by atomic mass is 16.7. The van der Waals surface area contributed by atoms with Crippen molar-refractivity contribution in [2.75, 3.05) is 0 Å². The van der Waals surface area contributed by atoms with E-state index in [1.165, 1.54) is 0 Å². The maximum atomic E-state index is 11.3. The van der Waals surface area contributed by atoms with E-state index in [9.17, 15) is 4.79 Å². The van der Waals surface area contributed by atoms with Crippen LogP contribution in [-0.4, -0.2) is 17.9 Å². The Morgan fingerprint density at radius 2 is 2.23 bits per heavy atom. The van der Waals surface area contributed by atoms with Gasteiger partial charge in [0.2, 0.25) is 5.79 Å². The van der Waals surface area contributed by atoms with Crippen molar-refractivity contribution in [3.8, 4) is 0 Å². The average molecular weight is 182 g/mol. The van der Waals surface area contributed by atoms with Gasteiger partial charge in [0.15, 0.2) is 0 Å². The lowest BCUT2D eigenvalue weighted by molar-refractivity contribution is -0.219. The van der Waals surface area contributed by atoms with E-state index in [2.05, 4.69) is 0 Å². The van der Waals surface area contributed by atoms with Crippen LogP contribution >= 0.6 is 0 Å². The van der Waals surface area contributed by atoms with Gasteiger partial charge in [-0.15, -0.1) is 0 Å². The molecule has 2 heterocycles. The number of fused-ring (bicyclic) bond motifs is 1. The van der Waals surface area contributed by atoms with E-state index in [4.69, 9.17) is 9.47 Å². The summed E-state index contributed by atoms with van der Waals surface area (Å²) in [5, 5.41) is 0. The van der Waals surface area contributed by atoms with Crippen molar-refractivity contribution >= 4 is 5.97 Å². The van der Waals surface area contributed by atoms with E-state index in [1.54, 1.807) is 0 Å². The highest BCUT2D eigenvalue weighted by Crippen LogP contribution is 2.41. The topological polar surface area (TPSA) is 35.5 Å². The summed E-state index contributed by atoms with van der Waals surface area (Å²) >= 11 is 0. The summed E-state index contributed by atoms with van der Waals surface area (Å²) in [6, 6.07) is 0. The molecule has 0 N–H and O–H groups in total. The Hall–Kier alpha value is -0.830. The first kappa shape index (κ1) is 8.75. The molecule has 3 nitrogen and oxygen atoms in total. The Morgan fingerprint density at radius 3 is 2.92 bits per heavy atom. The zero-order valence-electron chi connectivity index (χ0n) is 8.22. The molecule has 0 amide bonds. The van der Waals surface area contributed by atoms with E-state index in [0.29, 0.717) is 0 Å². The summed E-state index contributed by atoms with van der Waals surface area (Å²) in [5.74, 6) is -0.995. The van der Waals surface area contributed by atoms with Crippen LogP contribution < -0.4 is 0 Å². The van der Waals surface area contributed by atoms with E-state index in [0.717, 1.165) is 24.0 Å². The molecule has 0 aliphatic carbocycles. The number of hydrogen-bond acceptors (Lipinski definition) is 3. The second-order valence-electron chi connectivity index (χ2n) is 3.91.